The average Bonchev–Trinajstić information content (AvgIpc) is 2.52. The Morgan fingerprint density at radius 3 is 2.57 bits per heavy atom. The van der Waals surface area contributed by atoms with Gasteiger partial charge in [-0.1, -0.05) is 31.0 Å². The minimum atomic E-state index is -1.12. The number of aliphatic carboxylic acids is 1. The molecule has 21 heavy (non-hydrogen) atoms. The molecule has 2 atom stereocenters. The molecule has 0 radical (unpaired) electrons. The Labute approximate surface area is 124 Å². The van der Waals surface area contributed by atoms with Gasteiger partial charge in [0, 0.05) is 29.9 Å². The molecule has 1 aliphatic carbocycles. The molecule has 0 spiro atoms. The van der Waals surface area contributed by atoms with Crippen LogP contribution in [0.2, 0.25) is 0 Å². The zero-order valence-electron chi connectivity index (χ0n) is 12.1. The van der Waals surface area contributed by atoms with Gasteiger partial charge in [-0.05, 0) is 18.9 Å². The molecule has 0 bridgehead atoms. The third kappa shape index (κ3) is 3.74. The second kappa shape index (κ2) is 7.11. The molecular formula is C16H20NO4-. The van der Waals surface area contributed by atoms with Crippen LogP contribution in [0.1, 0.15) is 31.2 Å². The first-order chi connectivity index (χ1) is 10.1. The summed E-state index contributed by atoms with van der Waals surface area (Å²) < 4.78 is 5.23. The van der Waals surface area contributed by atoms with Crippen molar-refractivity contribution < 1.29 is 19.4 Å². The van der Waals surface area contributed by atoms with Gasteiger partial charge in [-0.2, -0.15) is 0 Å². The van der Waals surface area contributed by atoms with Crippen molar-refractivity contribution in [2.45, 2.75) is 32.2 Å². The maximum Gasteiger partial charge on any atom is 0.224 e. The van der Waals surface area contributed by atoms with E-state index in [0.717, 1.165) is 18.4 Å². The van der Waals surface area contributed by atoms with Gasteiger partial charge >= 0.3 is 0 Å². The quantitative estimate of drug-likeness (QED) is 0.872. The lowest BCUT2D eigenvalue weighted by atomic mass is 9.78. The summed E-state index contributed by atoms with van der Waals surface area (Å²) in [6.07, 6.45) is 2.86. The van der Waals surface area contributed by atoms with Crippen molar-refractivity contribution in [2.24, 2.45) is 11.8 Å². The molecule has 0 heterocycles. The number of carboxylic acids is 1. The van der Waals surface area contributed by atoms with E-state index in [-0.39, 0.29) is 5.91 Å². The molecule has 0 aliphatic heterocycles. The van der Waals surface area contributed by atoms with E-state index in [9.17, 15) is 14.7 Å². The Hall–Kier alpha value is -2.04. The topological polar surface area (TPSA) is 78.5 Å². The van der Waals surface area contributed by atoms with Gasteiger partial charge in [0.15, 0.2) is 0 Å². The van der Waals surface area contributed by atoms with Crippen LogP contribution in [0.5, 0.6) is 5.75 Å². The number of carboxylic acid groups (broad SMARTS) is 1. The van der Waals surface area contributed by atoms with Crippen molar-refractivity contribution in [1.82, 2.24) is 5.32 Å². The summed E-state index contributed by atoms with van der Waals surface area (Å²) in [4.78, 5) is 23.4. The Bertz CT molecular complexity index is 515. The second-order valence-electron chi connectivity index (χ2n) is 5.35. The van der Waals surface area contributed by atoms with Crippen LogP contribution >= 0.6 is 0 Å². The number of carbonyl (C=O) groups excluding carboxylic acids is 2. The Morgan fingerprint density at radius 1 is 1.24 bits per heavy atom. The van der Waals surface area contributed by atoms with Gasteiger partial charge in [-0.25, -0.2) is 0 Å². The van der Waals surface area contributed by atoms with Crippen LogP contribution < -0.4 is 15.2 Å². The average molecular weight is 290 g/mol. The van der Waals surface area contributed by atoms with Crippen molar-refractivity contribution in [3.05, 3.63) is 29.8 Å². The standard InChI is InChI=1S/C16H21NO4/c1-21-14-9-5-2-6-11(14)10-17-15(18)12-7-3-4-8-13(12)16(19)20/h2,5-6,9,12-13H,3-4,7-8,10H2,1H3,(H,17,18)(H,19,20)/p-1/t12-,13-/m1/s1. The van der Waals surface area contributed by atoms with Crippen LogP contribution in [-0.2, 0) is 16.1 Å². The van der Waals surface area contributed by atoms with Gasteiger partial charge in [0.05, 0.1) is 7.11 Å². The largest absolute Gasteiger partial charge is 0.550 e. The summed E-state index contributed by atoms with van der Waals surface area (Å²) >= 11 is 0. The fourth-order valence-electron chi connectivity index (χ4n) is 2.89. The number of carbonyl (C=O) groups is 2. The molecule has 1 aromatic carbocycles. The van der Waals surface area contributed by atoms with E-state index in [4.69, 9.17) is 4.74 Å². The highest BCUT2D eigenvalue weighted by atomic mass is 16.5. The molecule has 114 valence electrons. The lowest BCUT2D eigenvalue weighted by Gasteiger charge is -2.31. The maximum atomic E-state index is 12.2. The molecule has 0 unspecified atom stereocenters. The van der Waals surface area contributed by atoms with Crippen LogP contribution in [0.3, 0.4) is 0 Å². The minimum Gasteiger partial charge on any atom is -0.550 e. The summed E-state index contributed by atoms with van der Waals surface area (Å²) in [7, 11) is 1.58. The number of rotatable bonds is 5. The van der Waals surface area contributed by atoms with Crippen molar-refractivity contribution >= 4 is 11.9 Å². The van der Waals surface area contributed by atoms with Crippen LogP contribution in [0.15, 0.2) is 24.3 Å². The molecule has 5 nitrogen and oxygen atoms in total. The number of benzene rings is 1. The van der Waals surface area contributed by atoms with Gasteiger partial charge < -0.3 is 20.0 Å². The minimum absolute atomic E-state index is 0.213. The Morgan fingerprint density at radius 2 is 1.90 bits per heavy atom. The van der Waals surface area contributed by atoms with E-state index < -0.39 is 17.8 Å². The van der Waals surface area contributed by atoms with Gasteiger partial charge in [-0.3, -0.25) is 4.79 Å². The molecule has 1 saturated carbocycles. The first kappa shape index (κ1) is 15.4. The van der Waals surface area contributed by atoms with E-state index in [1.54, 1.807) is 7.11 Å². The molecule has 1 aromatic rings. The number of ether oxygens (including phenoxy) is 1. The molecule has 5 heteroatoms. The number of nitrogens with one attached hydrogen (secondary N) is 1. The molecule has 0 saturated heterocycles. The first-order valence-electron chi connectivity index (χ1n) is 7.24. The van der Waals surface area contributed by atoms with Crippen molar-refractivity contribution in [2.75, 3.05) is 7.11 Å². The molecule has 1 aliphatic rings. The van der Waals surface area contributed by atoms with Crippen molar-refractivity contribution in [3.8, 4) is 5.75 Å². The third-order valence-electron chi connectivity index (χ3n) is 4.05. The lowest BCUT2D eigenvalue weighted by Crippen LogP contribution is -2.44. The van der Waals surface area contributed by atoms with Gasteiger partial charge in [0.25, 0.3) is 0 Å². The van der Waals surface area contributed by atoms with Crippen LogP contribution in [0, 0.1) is 11.8 Å². The fraction of sp³-hybridized carbons (Fsp3) is 0.500. The molecule has 1 fully saturated rings. The molecule has 1 amide bonds. The molecule has 0 aromatic heterocycles. The number of hydrogen-bond acceptors (Lipinski definition) is 4. The lowest BCUT2D eigenvalue weighted by molar-refractivity contribution is -0.314. The zero-order valence-corrected chi connectivity index (χ0v) is 12.1. The van der Waals surface area contributed by atoms with E-state index >= 15 is 0 Å². The summed E-state index contributed by atoms with van der Waals surface area (Å²) in [5.74, 6) is -1.78. The first-order valence-corrected chi connectivity index (χ1v) is 7.24. The summed E-state index contributed by atoms with van der Waals surface area (Å²) in [6, 6.07) is 7.42. The normalized spacial score (nSPS) is 21.6. The Balaban J connectivity index is 1.99. The van der Waals surface area contributed by atoms with E-state index in [2.05, 4.69) is 5.32 Å². The molecule has 1 N–H and O–H groups in total. The number of hydrogen-bond donors (Lipinski definition) is 1. The van der Waals surface area contributed by atoms with E-state index in [1.165, 1.54) is 0 Å². The smallest absolute Gasteiger partial charge is 0.224 e. The van der Waals surface area contributed by atoms with Gasteiger partial charge in [0.2, 0.25) is 5.91 Å². The summed E-state index contributed by atoms with van der Waals surface area (Å²) in [5, 5.41) is 14.0. The zero-order chi connectivity index (χ0) is 15.2. The fourth-order valence-corrected chi connectivity index (χ4v) is 2.89. The predicted octanol–water partition coefficient (Wildman–Crippen LogP) is 0.868. The van der Waals surface area contributed by atoms with E-state index in [0.29, 0.717) is 25.1 Å². The van der Waals surface area contributed by atoms with Crippen LogP contribution in [0.25, 0.3) is 0 Å². The highest BCUT2D eigenvalue weighted by Gasteiger charge is 2.31. The summed E-state index contributed by atoms with van der Waals surface area (Å²) in [5.41, 5.74) is 0.870. The molecule has 2 rings (SSSR count). The number of amides is 1. The van der Waals surface area contributed by atoms with Gasteiger partial charge in [-0.15, -0.1) is 0 Å². The highest BCUT2D eigenvalue weighted by molar-refractivity contribution is 5.84. The predicted molar refractivity (Wildman–Crippen MR) is 75.3 cm³/mol. The molecular weight excluding hydrogens is 270 g/mol. The monoisotopic (exact) mass is 290 g/mol. The van der Waals surface area contributed by atoms with E-state index in [1.807, 2.05) is 24.3 Å². The van der Waals surface area contributed by atoms with Crippen LogP contribution in [-0.4, -0.2) is 19.0 Å². The SMILES string of the molecule is COc1ccccc1CNC(=O)[C@@H]1CCCC[C@H]1C(=O)[O-]. The number of methoxy groups -OCH3 is 1. The third-order valence-corrected chi connectivity index (χ3v) is 4.05. The van der Waals surface area contributed by atoms with Crippen molar-refractivity contribution in [3.63, 3.8) is 0 Å². The van der Waals surface area contributed by atoms with Crippen molar-refractivity contribution in [1.29, 1.82) is 0 Å². The maximum absolute atomic E-state index is 12.2. The number of para-hydroxylation sites is 1. The second-order valence-corrected chi connectivity index (χ2v) is 5.35. The highest BCUT2D eigenvalue weighted by Crippen LogP contribution is 2.30. The van der Waals surface area contributed by atoms with Crippen LogP contribution in [0.4, 0.5) is 0 Å². The van der Waals surface area contributed by atoms with Gasteiger partial charge in [0.1, 0.15) is 5.75 Å². The summed E-state index contributed by atoms with van der Waals surface area (Å²) in [6.45, 7) is 0.332. The Kier molecular flexibility index (Phi) is 5.20.